The molecule has 186 valence electrons. The Morgan fingerprint density at radius 3 is 2.91 bits per heavy atom. The van der Waals surface area contributed by atoms with Crippen LogP contribution < -0.4 is 10.6 Å². The van der Waals surface area contributed by atoms with Crippen molar-refractivity contribution in [3.05, 3.63) is 35.1 Å². The van der Waals surface area contributed by atoms with Gasteiger partial charge in [-0.1, -0.05) is 0 Å². The highest BCUT2D eigenvalue weighted by atomic mass is 32.2. The molecule has 1 aliphatic rings. The molecule has 0 saturated heterocycles. The van der Waals surface area contributed by atoms with Gasteiger partial charge in [-0.15, -0.1) is 0 Å². The lowest BCUT2D eigenvalue weighted by Crippen LogP contribution is -2.22. The van der Waals surface area contributed by atoms with Crippen LogP contribution >= 0.6 is 11.8 Å². The number of aldehydes is 1. The second-order valence-electron chi connectivity index (χ2n) is 7.62. The van der Waals surface area contributed by atoms with Crippen LogP contribution in [0.1, 0.15) is 43.2 Å². The predicted octanol–water partition coefficient (Wildman–Crippen LogP) is 2.48. The van der Waals surface area contributed by atoms with Crippen molar-refractivity contribution >= 4 is 42.4 Å². The number of aliphatic imine (C=N–C) groups is 1. The fourth-order valence-electron chi connectivity index (χ4n) is 3.25. The van der Waals surface area contributed by atoms with Gasteiger partial charge in [0.2, 0.25) is 12.3 Å². The van der Waals surface area contributed by atoms with Crippen molar-refractivity contribution in [2.24, 2.45) is 12.0 Å². The average molecular weight is 492 g/mol. The van der Waals surface area contributed by atoms with E-state index in [1.54, 1.807) is 36.7 Å². The van der Waals surface area contributed by atoms with E-state index in [0.717, 1.165) is 35.0 Å². The Balaban J connectivity index is 1.74. The predicted molar refractivity (Wildman–Crippen MR) is 133 cm³/mol. The molecule has 1 heterocycles. The van der Waals surface area contributed by atoms with Gasteiger partial charge in [0.05, 0.1) is 7.11 Å². The van der Waals surface area contributed by atoms with Crippen LogP contribution in [-0.2, 0) is 26.1 Å². The second kappa shape index (κ2) is 15.1. The highest BCUT2D eigenvalue weighted by molar-refractivity contribution is 7.99. The van der Waals surface area contributed by atoms with Crippen LogP contribution in [0.5, 0.6) is 0 Å². The average Bonchev–Trinajstić information content (AvgIpc) is 3.18. The summed E-state index contributed by atoms with van der Waals surface area (Å²) in [5.41, 5.74) is 1.99. The lowest BCUT2D eigenvalue weighted by Gasteiger charge is -2.25. The standard InChI is InChI=1S/C23H33N5O5S/c1-17-12-19(32-3)20(13-18(17)25-8-11-34-10-5-7-24-16-30)33-9-4-6-23(31)27-21-14-28(2)22(15-29)26-21/h8,12,14-16,20H,4-7,9-11,13H2,1-3H3,(H,24,30)(H,27,31)/b25-8-. The summed E-state index contributed by atoms with van der Waals surface area (Å²) in [7, 11) is 3.31. The molecule has 0 radical (unpaired) electrons. The second-order valence-corrected chi connectivity index (χ2v) is 8.77. The molecule has 10 nitrogen and oxygen atoms in total. The number of rotatable bonds is 16. The van der Waals surface area contributed by atoms with Gasteiger partial charge in [0, 0.05) is 56.9 Å². The molecule has 2 amide bonds. The number of amides is 2. The van der Waals surface area contributed by atoms with E-state index in [9.17, 15) is 14.4 Å². The van der Waals surface area contributed by atoms with Crippen molar-refractivity contribution in [2.45, 2.75) is 38.7 Å². The molecule has 2 rings (SSSR count). The van der Waals surface area contributed by atoms with E-state index in [0.29, 0.717) is 44.5 Å². The van der Waals surface area contributed by atoms with Gasteiger partial charge in [-0.2, -0.15) is 11.8 Å². The van der Waals surface area contributed by atoms with E-state index in [2.05, 4.69) is 20.6 Å². The Morgan fingerprint density at radius 2 is 2.21 bits per heavy atom. The first-order chi connectivity index (χ1) is 16.5. The number of methoxy groups -OCH3 is 1. The van der Waals surface area contributed by atoms with E-state index in [1.807, 2.05) is 19.2 Å². The van der Waals surface area contributed by atoms with Gasteiger partial charge in [0.15, 0.2) is 17.9 Å². The molecular formula is C23H33N5O5S. The number of carbonyl (C=O) groups excluding carboxylic acids is 3. The molecule has 0 bridgehead atoms. The van der Waals surface area contributed by atoms with Gasteiger partial charge >= 0.3 is 0 Å². The number of hydrogen-bond donors (Lipinski definition) is 2. The third kappa shape index (κ3) is 9.14. The number of hydrogen-bond acceptors (Lipinski definition) is 8. The fourth-order valence-corrected chi connectivity index (χ4v) is 3.94. The zero-order chi connectivity index (χ0) is 24.8. The maximum atomic E-state index is 12.1. The van der Waals surface area contributed by atoms with Gasteiger partial charge in [0.1, 0.15) is 11.9 Å². The summed E-state index contributed by atoms with van der Waals surface area (Å²) in [6.07, 6.45) is 8.86. The highest BCUT2D eigenvalue weighted by Gasteiger charge is 2.23. The zero-order valence-electron chi connectivity index (χ0n) is 19.9. The number of nitrogens with one attached hydrogen (secondary N) is 2. The van der Waals surface area contributed by atoms with Crippen molar-refractivity contribution in [3.8, 4) is 0 Å². The molecule has 2 N–H and O–H groups in total. The first-order valence-electron chi connectivity index (χ1n) is 11.1. The SMILES string of the molecule is COC1=CC(C)=C(/N=C\CSCCCNC=O)CC1OCCCC(=O)Nc1cn(C)c(C=O)n1. The maximum absolute atomic E-state index is 12.1. The monoisotopic (exact) mass is 491 g/mol. The molecule has 1 aromatic heterocycles. The van der Waals surface area contributed by atoms with Crippen molar-refractivity contribution in [1.29, 1.82) is 0 Å². The lowest BCUT2D eigenvalue weighted by molar-refractivity contribution is -0.116. The molecule has 1 unspecified atom stereocenters. The third-order valence-corrected chi connectivity index (χ3v) is 5.99. The topological polar surface area (TPSA) is 124 Å². The molecule has 1 aliphatic carbocycles. The Bertz CT molecular complexity index is 925. The number of aryl methyl sites for hydroxylation is 1. The molecule has 0 spiro atoms. The van der Waals surface area contributed by atoms with Crippen LogP contribution in [0.25, 0.3) is 0 Å². The summed E-state index contributed by atoms with van der Waals surface area (Å²) < 4.78 is 13.0. The van der Waals surface area contributed by atoms with E-state index >= 15 is 0 Å². The maximum Gasteiger partial charge on any atom is 0.225 e. The van der Waals surface area contributed by atoms with Crippen LogP contribution in [0.4, 0.5) is 5.82 Å². The van der Waals surface area contributed by atoms with Crippen LogP contribution in [0.2, 0.25) is 0 Å². The molecule has 0 aromatic carbocycles. The van der Waals surface area contributed by atoms with Gasteiger partial charge in [0.25, 0.3) is 0 Å². The molecule has 0 saturated carbocycles. The molecule has 11 heteroatoms. The fraction of sp³-hybridized carbons (Fsp3) is 0.522. The summed E-state index contributed by atoms with van der Waals surface area (Å²) >= 11 is 1.76. The largest absolute Gasteiger partial charge is 0.498 e. The number of ether oxygens (including phenoxy) is 2. The Hall–Kier alpha value is -2.92. The summed E-state index contributed by atoms with van der Waals surface area (Å²) in [6, 6.07) is 0. The minimum atomic E-state index is -0.253. The van der Waals surface area contributed by atoms with E-state index < -0.39 is 0 Å². The highest BCUT2D eigenvalue weighted by Crippen LogP contribution is 2.28. The molecule has 0 aliphatic heterocycles. The Morgan fingerprint density at radius 1 is 1.38 bits per heavy atom. The molecule has 1 atom stereocenters. The summed E-state index contributed by atoms with van der Waals surface area (Å²) in [5.74, 6) is 2.91. The zero-order valence-corrected chi connectivity index (χ0v) is 20.7. The molecule has 34 heavy (non-hydrogen) atoms. The lowest BCUT2D eigenvalue weighted by atomic mass is 10.0. The number of carbonyl (C=O) groups is 3. The Labute approximate surface area is 204 Å². The van der Waals surface area contributed by atoms with Gasteiger partial charge in [-0.3, -0.25) is 19.4 Å². The number of imidazole rings is 1. The van der Waals surface area contributed by atoms with E-state index in [1.165, 1.54) is 0 Å². The minimum Gasteiger partial charge on any atom is -0.498 e. The van der Waals surface area contributed by atoms with Crippen LogP contribution in [0.15, 0.2) is 34.3 Å². The van der Waals surface area contributed by atoms with Crippen molar-refractivity contribution in [1.82, 2.24) is 14.9 Å². The summed E-state index contributed by atoms with van der Waals surface area (Å²) in [6.45, 7) is 3.08. The van der Waals surface area contributed by atoms with E-state index in [-0.39, 0.29) is 24.3 Å². The van der Waals surface area contributed by atoms with Crippen LogP contribution in [-0.4, -0.2) is 72.2 Å². The van der Waals surface area contributed by atoms with Crippen LogP contribution in [0, 0.1) is 0 Å². The number of thioether (sulfide) groups is 1. The first kappa shape index (κ1) is 27.3. The molecule has 0 fully saturated rings. The van der Waals surface area contributed by atoms with Gasteiger partial charge in [-0.25, -0.2) is 4.98 Å². The number of allylic oxidation sites excluding steroid dienone is 2. The van der Waals surface area contributed by atoms with E-state index in [4.69, 9.17) is 9.47 Å². The quantitative estimate of drug-likeness (QED) is 0.207. The number of anilines is 1. The van der Waals surface area contributed by atoms with Crippen molar-refractivity contribution < 1.29 is 23.9 Å². The van der Waals surface area contributed by atoms with Crippen molar-refractivity contribution in [3.63, 3.8) is 0 Å². The Kier molecular flexibility index (Phi) is 12.1. The number of nitrogens with zero attached hydrogens (tertiary/aromatic N) is 3. The van der Waals surface area contributed by atoms with Crippen LogP contribution in [0.3, 0.4) is 0 Å². The molecular weight excluding hydrogens is 458 g/mol. The van der Waals surface area contributed by atoms with Gasteiger partial charge < -0.3 is 24.7 Å². The smallest absolute Gasteiger partial charge is 0.225 e. The summed E-state index contributed by atoms with van der Waals surface area (Å²) in [5, 5.41) is 5.34. The third-order valence-electron chi connectivity index (χ3n) is 5.03. The van der Waals surface area contributed by atoms with Crippen molar-refractivity contribution in [2.75, 3.05) is 37.1 Å². The van der Waals surface area contributed by atoms with Gasteiger partial charge in [-0.05, 0) is 37.2 Å². The number of aromatic nitrogens is 2. The first-order valence-corrected chi connectivity index (χ1v) is 12.3. The normalized spacial score (nSPS) is 15.9. The molecule has 1 aromatic rings. The summed E-state index contributed by atoms with van der Waals surface area (Å²) in [4.78, 5) is 41.9. The minimum absolute atomic E-state index is 0.189.